The van der Waals surface area contributed by atoms with E-state index in [1.807, 2.05) is 44.2 Å². The minimum absolute atomic E-state index is 0.123. The first-order valence-electron chi connectivity index (χ1n) is 11.6. The molecule has 2 unspecified atom stereocenters. The highest BCUT2D eigenvalue weighted by Crippen LogP contribution is 2.33. The fourth-order valence-electron chi connectivity index (χ4n) is 4.32. The second-order valence-corrected chi connectivity index (χ2v) is 9.71. The quantitative estimate of drug-likeness (QED) is 0.493. The molecule has 7 heteroatoms. The predicted molar refractivity (Wildman–Crippen MR) is 130 cm³/mol. The van der Waals surface area contributed by atoms with Crippen LogP contribution in [0.4, 0.5) is 4.79 Å². The van der Waals surface area contributed by atoms with Gasteiger partial charge in [0, 0.05) is 5.39 Å². The molecule has 0 saturated carbocycles. The largest absolute Gasteiger partial charge is 0.458 e. The average molecular weight is 462 g/mol. The number of benzene rings is 2. The van der Waals surface area contributed by atoms with Gasteiger partial charge in [0.1, 0.15) is 17.9 Å². The molecule has 1 aromatic heterocycles. The molecule has 4 amide bonds. The van der Waals surface area contributed by atoms with Gasteiger partial charge < -0.3 is 15.1 Å². The molecule has 2 aromatic carbocycles. The first-order chi connectivity index (χ1) is 16.1. The Hall–Kier alpha value is -3.61. The molecule has 1 saturated heterocycles. The van der Waals surface area contributed by atoms with Gasteiger partial charge in [0.2, 0.25) is 5.91 Å². The first kappa shape index (κ1) is 23.5. The summed E-state index contributed by atoms with van der Waals surface area (Å²) in [5, 5.41) is 6.54. The Balaban J connectivity index is 1.49. The molecule has 3 aromatic rings. The molecule has 0 bridgehead atoms. The third kappa shape index (κ3) is 4.30. The van der Waals surface area contributed by atoms with Gasteiger partial charge in [-0.25, -0.2) is 4.79 Å². The number of nitrogens with zero attached hydrogens (tertiary/aromatic N) is 1. The highest BCUT2D eigenvalue weighted by molar-refractivity contribution is 6.09. The zero-order valence-electron chi connectivity index (χ0n) is 20.2. The SMILES string of the molecule is CC(C)c1ccc(C(NC(=O)CN2C(=O)NC(C)(c3cc4ccccc4o3)C2=O)C(C)C)cc1. The number of rotatable bonds is 7. The molecule has 2 heterocycles. The standard InChI is InChI=1S/C27H31N3O4/c1-16(2)18-10-12-19(13-11-18)24(17(3)4)28-23(31)15-30-25(32)27(5,29-26(30)33)22-14-20-8-6-7-9-21(20)34-22/h6-14,16-17,24H,15H2,1-5H3,(H,28,31)(H,29,33). The van der Waals surface area contributed by atoms with E-state index < -0.39 is 23.4 Å². The summed E-state index contributed by atoms with van der Waals surface area (Å²) in [5.41, 5.74) is 1.46. The van der Waals surface area contributed by atoms with Gasteiger partial charge in [0.15, 0.2) is 5.54 Å². The number of carbonyl (C=O) groups is 3. The lowest BCUT2D eigenvalue weighted by atomic mass is 9.93. The minimum atomic E-state index is -1.37. The fraction of sp³-hybridized carbons (Fsp3) is 0.370. The average Bonchev–Trinajstić information content (AvgIpc) is 3.33. The molecule has 0 aliphatic carbocycles. The van der Waals surface area contributed by atoms with Crippen molar-refractivity contribution in [3.63, 3.8) is 0 Å². The normalized spacial score (nSPS) is 19.2. The zero-order valence-corrected chi connectivity index (χ0v) is 20.2. The third-order valence-corrected chi connectivity index (χ3v) is 6.44. The monoisotopic (exact) mass is 461 g/mol. The lowest BCUT2D eigenvalue weighted by Gasteiger charge is -2.25. The van der Waals surface area contributed by atoms with Crippen molar-refractivity contribution in [1.82, 2.24) is 15.5 Å². The van der Waals surface area contributed by atoms with E-state index in [1.54, 1.807) is 19.1 Å². The smallest absolute Gasteiger partial charge is 0.325 e. The van der Waals surface area contributed by atoms with E-state index in [2.05, 4.69) is 36.6 Å². The molecule has 0 radical (unpaired) electrons. The Morgan fingerprint density at radius 3 is 2.29 bits per heavy atom. The maximum absolute atomic E-state index is 13.2. The molecule has 2 atom stereocenters. The third-order valence-electron chi connectivity index (χ3n) is 6.44. The van der Waals surface area contributed by atoms with Crippen LogP contribution in [0.25, 0.3) is 11.0 Å². The topological polar surface area (TPSA) is 91.7 Å². The van der Waals surface area contributed by atoms with Gasteiger partial charge in [-0.2, -0.15) is 0 Å². The molecular formula is C27H31N3O4. The number of hydrogen-bond acceptors (Lipinski definition) is 4. The van der Waals surface area contributed by atoms with E-state index in [1.165, 1.54) is 5.56 Å². The number of furan rings is 1. The minimum Gasteiger partial charge on any atom is -0.458 e. The number of hydrogen-bond donors (Lipinski definition) is 2. The van der Waals surface area contributed by atoms with Gasteiger partial charge in [0.05, 0.1) is 6.04 Å². The molecule has 1 aliphatic heterocycles. The van der Waals surface area contributed by atoms with Crippen LogP contribution in [0, 0.1) is 5.92 Å². The number of urea groups is 1. The summed E-state index contributed by atoms with van der Waals surface area (Å²) in [5.74, 6) is -0.0435. The molecule has 4 rings (SSSR count). The van der Waals surface area contributed by atoms with Crippen molar-refractivity contribution in [1.29, 1.82) is 0 Å². The molecule has 34 heavy (non-hydrogen) atoms. The summed E-state index contributed by atoms with van der Waals surface area (Å²) in [6, 6.07) is 16.4. The van der Waals surface area contributed by atoms with E-state index in [9.17, 15) is 14.4 Å². The fourth-order valence-corrected chi connectivity index (χ4v) is 4.32. The van der Waals surface area contributed by atoms with Crippen LogP contribution in [0.1, 0.15) is 63.5 Å². The van der Waals surface area contributed by atoms with E-state index in [-0.39, 0.29) is 18.5 Å². The second kappa shape index (κ2) is 8.97. The maximum Gasteiger partial charge on any atom is 0.325 e. The summed E-state index contributed by atoms with van der Waals surface area (Å²) in [6.45, 7) is 9.53. The Labute approximate surface area is 199 Å². The first-order valence-corrected chi connectivity index (χ1v) is 11.6. The van der Waals surface area contributed by atoms with Gasteiger partial charge in [-0.05, 0) is 42.0 Å². The second-order valence-electron chi connectivity index (χ2n) is 9.71. The van der Waals surface area contributed by atoms with Gasteiger partial charge in [-0.3, -0.25) is 14.5 Å². The van der Waals surface area contributed by atoms with Crippen LogP contribution in [-0.4, -0.2) is 29.3 Å². The van der Waals surface area contributed by atoms with Crippen LogP contribution in [0.15, 0.2) is 59.0 Å². The van der Waals surface area contributed by atoms with E-state index in [0.717, 1.165) is 15.8 Å². The Morgan fingerprint density at radius 1 is 1.03 bits per heavy atom. The number of nitrogens with one attached hydrogen (secondary N) is 2. The maximum atomic E-state index is 13.2. The van der Waals surface area contributed by atoms with Crippen molar-refractivity contribution in [2.75, 3.05) is 6.54 Å². The zero-order chi connectivity index (χ0) is 24.6. The van der Waals surface area contributed by atoms with Crippen LogP contribution < -0.4 is 10.6 Å². The van der Waals surface area contributed by atoms with E-state index >= 15 is 0 Å². The van der Waals surface area contributed by atoms with Gasteiger partial charge in [-0.1, -0.05) is 70.2 Å². The summed E-state index contributed by atoms with van der Waals surface area (Å²) in [4.78, 5) is 39.8. The van der Waals surface area contributed by atoms with Crippen LogP contribution in [0.2, 0.25) is 0 Å². The van der Waals surface area contributed by atoms with Gasteiger partial charge >= 0.3 is 6.03 Å². The molecule has 7 nitrogen and oxygen atoms in total. The Kier molecular flexibility index (Phi) is 6.21. The Bertz CT molecular complexity index is 1200. The molecule has 178 valence electrons. The van der Waals surface area contributed by atoms with Crippen LogP contribution in [-0.2, 0) is 15.1 Å². The van der Waals surface area contributed by atoms with Crippen molar-refractivity contribution in [3.8, 4) is 0 Å². The van der Waals surface area contributed by atoms with Crippen LogP contribution >= 0.6 is 0 Å². The molecular weight excluding hydrogens is 430 g/mol. The van der Waals surface area contributed by atoms with Gasteiger partial charge in [-0.15, -0.1) is 0 Å². The number of amides is 4. The molecule has 1 aliphatic rings. The summed E-state index contributed by atoms with van der Waals surface area (Å²) in [7, 11) is 0. The summed E-state index contributed by atoms with van der Waals surface area (Å²) < 4.78 is 5.84. The predicted octanol–water partition coefficient (Wildman–Crippen LogP) is 4.84. The number of para-hydroxylation sites is 1. The van der Waals surface area contributed by atoms with Gasteiger partial charge in [0.25, 0.3) is 5.91 Å². The van der Waals surface area contributed by atoms with Crippen LogP contribution in [0.5, 0.6) is 0 Å². The molecule has 0 spiro atoms. The molecule has 2 N–H and O–H groups in total. The van der Waals surface area contributed by atoms with Crippen molar-refractivity contribution in [2.45, 2.75) is 52.1 Å². The Morgan fingerprint density at radius 2 is 1.68 bits per heavy atom. The number of imide groups is 1. The van der Waals surface area contributed by atoms with E-state index in [4.69, 9.17) is 4.42 Å². The van der Waals surface area contributed by atoms with Crippen molar-refractivity contribution in [3.05, 3.63) is 71.5 Å². The molecule has 1 fully saturated rings. The van der Waals surface area contributed by atoms with Crippen LogP contribution in [0.3, 0.4) is 0 Å². The highest BCUT2D eigenvalue weighted by Gasteiger charge is 2.51. The highest BCUT2D eigenvalue weighted by atomic mass is 16.3. The van der Waals surface area contributed by atoms with Crippen molar-refractivity contribution in [2.24, 2.45) is 5.92 Å². The lowest BCUT2D eigenvalue weighted by Crippen LogP contribution is -2.44. The summed E-state index contributed by atoms with van der Waals surface area (Å²) in [6.07, 6.45) is 0. The number of carbonyl (C=O) groups excluding carboxylic acids is 3. The van der Waals surface area contributed by atoms with Crippen molar-refractivity contribution >= 4 is 28.8 Å². The summed E-state index contributed by atoms with van der Waals surface area (Å²) >= 11 is 0. The van der Waals surface area contributed by atoms with Crippen molar-refractivity contribution < 1.29 is 18.8 Å². The lowest BCUT2D eigenvalue weighted by molar-refractivity contribution is -0.135. The van der Waals surface area contributed by atoms with E-state index in [0.29, 0.717) is 17.3 Å². The number of fused-ring (bicyclic) bond motifs is 1.